The summed E-state index contributed by atoms with van der Waals surface area (Å²) >= 11 is 0. The molecule has 160 valence electrons. The van der Waals surface area contributed by atoms with Gasteiger partial charge in [0.15, 0.2) is 0 Å². The molecule has 0 aliphatic heterocycles. The quantitative estimate of drug-likeness (QED) is 0.375. The first-order valence-electron chi connectivity index (χ1n) is 9.97. The Kier molecular flexibility index (Phi) is 3.69. The maximum absolute atomic E-state index is 12.7. The zero-order chi connectivity index (χ0) is 22.4. The molecule has 6 aromatic rings. The van der Waals surface area contributed by atoms with Gasteiger partial charge < -0.3 is 0 Å². The lowest BCUT2D eigenvalue weighted by molar-refractivity contribution is 0.594. The smallest absolute Gasteiger partial charge is 0.236 e. The maximum Gasteiger partial charge on any atom is 0.236 e. The fourth-order valence-electron chi connectivity index (χ4n) is 4.98. The molecule has 8 heteroatoms. The predicted molar refractivity (Wildman–Crippen MR) is 130 cm³/mol. The van der Waals surface area contributed by atoms with Crippen molar-refractivity contribution < 1.29 is 16.8 Å². The predicted octanol–water partition coefficient (Wildman–Crippen LogP) is 4.67. The van der Waals surface area contributed by atoms with Crippen LogP contribution in [0.5, 0.6) is 0 Å². The third-order valence-corrected chi connectivity index (χ3v) is 8.14. The molecular formula is C24H18N2O4S2. The second-order valence-corrected chi connectivity index (χ2v) is 11.8. The van der Waals surface area contributed by atoms with Crippen molar-refractivity contribution in [1.82, 2.24) is 7.94 Å². The van der Waals surface area contributed by atoms with E-state index in [-0.39, 0.29) is 0 Å². The molecule has 4 aromatic carbocycles. The van der Waals surface area contributed by atoms with E-state index in [1.54, 1.807) is 12.1 Å². The fourth-order valence-corrected chi connectivity index (χ4v) is 7.03. The largest absolute Gasteiger partial charge is 0.237 e. The van der Waals surface area contributed by atoms with Crippen molar-refractivity contribution >= 4 is 74.4 Å². The summed E-state index contributed by atoms with van der Waals surface area (Å²) < 4.78 is 53.7. The number of para-hydroxylation sites is 2. The molecule has 0 amide bonds. The Morgan fingerprint density at radius 3 is 1.31 bits per heavy atom. The van der Waals surface area contributed by atoms with Crippen molar-refractivity contribution in [1.29, 1.82) is 0 Å². The number of nitrogens with zero attached hydrogens (tertiary/aromatic N) is 2. The van der Waals surface area contributed by atoms with Crippen LogP contribution >= 0.6 is 0 Å². The number of rotatable bonds is 2. The second kappa shape index (κ2) is 6.11. The normalized spacial score (nSPS) is 13.2. The number of fused-ring (bicyclic) bond motifs is 9. The van der Waals surface area contributed by atoms with Gasteiger partial charge in [-0.2, -0.15) is 0 Å². The van der Waals surface area contributed by atoms with E-state index in [1.165, 1.54) is 20.5 Å². The Bertz CT molecular complexity index is 1840. The van der Waals surface area contributed by atoms with Gasteiger partial charge in [-0.3, -0.25) is 0 Å². The fraction of sp³-hybridized carbons (Fsp3) is 0.0833. The van der Waals surface area contributed by atoms with Crippen LogP contribution in [0.25, 0.3) is 54.4 Å². The Morgan fingerprint density at radius 1 is 0.500 bits per heavy atom. The summed E-state index contributed by atoms with van der Waals surface area (Å²) in [6, 6.07) is 22.2. The van der Waals surface area contributed by atoms with E-state index in [1.807, 2.05) is 60.7 Å². The topological polar surface area (TPSA) is 78.1 Å². The van der Waals surface area contributed by atoms with E-state index >= 15 is 0 Å². The van der Waals surface area contributed by atoms with Gasteiger partial charge in [-0.05, 0) is 29.7 Å². The molecule has 0 unspecified atom stereocenters. The van der Waals surface area contributed by atoms with Crippen molar-refractivity contribution in [3.05, 3.63) is 72.8 Å². The van der Waals surface area contributed by atoms with E-state index in [2.05, 4.69) is 0 Å². The maximum atomic E-state index is 12.7. The first kappa shape index (κ1) is 19.3. The van der Waals surface area contributed by atoms with Crippen LogP contribution < -0.4 is 0 Å². The molecule has 0 saturated heterocycles. The zero-order valence-corrected chi connectivity index (χ0v) is 18.9. The Balaban J connectivity index is 2.03. The van der Waals surface area contributed by atoms with Crippen molar-refractivity contribution in [2.24, 2.45) is 0 Å². The van der Waals surface area contributed by atoms with Crippen LogP contribution in [0.4, 0.5) is 0 Å². The highest BCUT2D eigenvalue weighted by Gasteiger charge is 2.23. The van der Waals surface area contributed by atoms with Gasteiger partial charge in [0, 0.05) is 26.9 Å². The lowest BCUT2D eigenvalue weighted by Crippen LogP contribution is -2.09. The minimum absolute atomic E-state index is 0.574. The van der Waals surface area contributed by atoms with E-state index in [0.29, 0.717) is 22.1 Å². The first-order chi connectivity index (χ1) is 15.2. The van der Waals surface area contributed by atoms with Gasteiger partial charge in [0.2, 0.25) is 20.0 Å². The van der Waals surface area contributed by atoms with Crippen molar-refractivity contribution in [2.75, 3.05) is 12.5 Å². The van der Waals surface area contributed by atoms with Gasteiger partial charge in [-0.15, -0.1) is 0 Å². The third-order valence-electron chi connectivity index (χ3n) is 6.03. The number of aromatic nitrogens is 2. The molecular weight excluding hydrogens is 444 g/mol. The van der Waals surface area contributed by atoms with E-state index in [9.17, 15) is 16.8 Å². The monoisotopic (exact) mass is 462 g/mol. The average Bonchev–Trinajstić information content (AvgIpc) is 3.26. The first-order valence-corrected chi connectivity index (χ1v) is 13.7. The number of benzene rings is 4. The van der Waals surface area contributed by atoms with Gasteiger partial charge in [0.1, 0.15) is 0 Å². The molecule has 6 nitrogen and oxygen atoms in total. The van der Waals surface area contributed by atoms with Crippen LogP contribution in [0.15, 0.2) is 72.8 Å². The van der Waals surface area contributed by atoms with E-state index < -0.39 is 20.0 Å². The van der Waals surface area contributed by atoms with Crippen LogP contribution in [0.3, 0.4) is 0 Å². The molecule has 0 fully saturated rings. The molecule has 32 heavy (non-hydrogen) atoms. The van der Waals surface area contributed by atoms with Crippen molar-refractivity contribution in [3.8, 4) is 0 Å². The van der Waals surface area contributed by atoms with Gasteiger partial charge in [0.05, 0.1) is 34.6 Å². The van der Waals surface area contributed by atoms with Crippen LogP contribution in [-0.4, -0.2) is 37.3 Å². The molecule has 0 N–H and O–H groups in total. The standard InChI is InChI=1S/C24H18N2O4S2/c1-31(27,28)25-18-9-5-3-7-16(18)23-20(25)13-11-15-12-14-21-24(22(15)23)17-8-4-6-10-19(17)26(21)32(2,29)30/h3-14H,1-2H3. The van der Waals surface area contributed by atoms with E-state index in [4.69, 9.17) is 0 Å². The lowest BCUT2D eigenvalue weighted by atomic mass is 9.99. The highest BCUT2D eigenvalue weighted by Crippen LogP contribution is 2.42. The summed E-state index contributed by atoms with van der Waals surface area (Å²) in [5, 5.41) is 4.97. The Morgan fingerprint density at radius 2 is 0.906 bits per heavy atom. The van der Waals surface area contributed by atoms with Crippen LogP contribution in [0, 0.1) is 0 Å². The molecule has 0 aliphatic carbocycles. The summed E-state index contributed by atoms with van der Waals surface area (Å²) in [7, 11) is -7.16. The highest BCUT2D eigenvalue weighted by atomic mass is 32.2. The molecule has 0 spiro atoms. The van der Waals surface area contributed by atoms with Gasteiger partial charge >= 0.3 is 0 Å². The summed E-state index contributed by atoms with van der Waals surface area (Å²) in [4.78, 5) is 0. The molecule has 6 rings (SSSR count). The van der Waals surface area contributed by atoms with Crippen LogP contribution in [0.2, 0.25) is 0 Å². The van der Waals surface area contributed by atoms with Crippen LogP contribution in [0.1, 0.15) is 0 Å². The SMILES string of the molecule is CS(=O)(=O)n1c2ccccc2c2c3c(ccc21)ccc1c3c2ccccc2n1S(C)(=O)=O. The molecule has 0 bridgehead atoms. The Labute approximate surface area is 184 Å². The van der Waals surface area contributed by atoms with Gasteiger partial charge in [-0.1, -0.05) is 48.5 Å². The molecule has 0 aliphatic rings. The van der Waals surface area contributed by atoms with Crippen molar-refractivity contribution in [2.45, 2.75) is 0 Å². The second-order valence-electron chi connectivity index (χ2n) is 8.11. The zero-order valence-electron chi connectivity index (χ0n) is 17.3. The molecule has 2 aromatic heterocycles. The minimum atomic E-state index is -3.58. The average molecular weight is 463 g/mol. The molecule has 2 heterocycles. The number of hydrogen-bond acceptors (Lipinski definition) is 4. The highest BCUT2D eigenvalue weighted by molar-refractivity contribution is 7.89. The summed E-state index contributed by atoms with van der Waals surface area (Å²) in [6.07, 6.45) is 2.39. The Hall–Kier alpha value is -3.36. The lowest BCUT2D eigenvalue weighted by Gasteiger charge is -2.07. The van der Waals surface area contributed by atoms with Crippen LogP contribution in [-0.2, 0) is 20.0 Å². The van der Waals surface area contributed by atoms with Crippen molar-refractivity contribution in [3.63, 3.8) is 0 Å². The third kappa shape index (κ3) is 2.44. The number of hydrogen-bond donors (Lipinski definition) is 0. The molecule has 0 saturated carbocycles. The summed E-state index contributed by atoms with van der Waals surface area (Å²) in [6.45, 7) is 0. The molecule has 0 radical (unpaired) electrons. The summed E-state index contributed by atoms with van der Waals surface area (Å²) in [5.74, 6) is 0. The minimum Gasteiger partial charge on any atom is -0.237 e. The van der Waals surface area contributed by atoms with E-state index in [0.717, 1.165) is 32.3 Å². The van der Waals surface area contributed by atoms with Gasteiger partial charge in [0.25, 0.3) is 0 Å². The van der Waals surface area contributed by atoms with Gasteiger partial charge in [-0.25, -0.2) is 24.8 Å². The molecule has 0 atom stereocenters. The summed E-state index contributed by atoms with van der Waals surface area (Å²) in [5.41, 5.74) is 2.34.